The van der Waals surface area contributed by atoms with Crippen LogP contribution in [0.25, 0.3) is 0 Å². The van der Waals surface area contributed by atoms with Crippen LogP contribution in [0, 0.1) is 0 Å². The molecule has 0 radical (unpaired) electrons. The van der Waals surface area contributed by atoms with Gasteiger partial charge in [0.25, 0.3) is 0 Å². The van der Waals surface area contributed by atoms with E-state index in [0.717, 1.165) is 17.1 Å². The zero-order chi connectivity index (χ0) is 27.8. The van der Waals surface area contributed by atoms with Crippen LogP contribution in [0.2, 0.25) is 0 Å². The van der Waals surface area contributed by atoms with Gasteiger partial charge >= 0.3 is 0 Å². The van der Waals surface area contributed by atoms with E-state index in [4.69, 9.17) is 14.2 Å². The molecule has 0 fully saturated rings. The van der Waals surface area contributed by atoms with Gasteiger partial charge in [-0.05, 0) is 42.7 Å². The Morgan fingerprint density at radius 3 is 1.50 bits per heavy atom. The first-order valence-electron chi connectivity index (χ1n) is 13.3. The number of benzene rings is 3. The van der Waals surface area contributed by atoms with Crippen molar-refractivity contribution in [1.82, 2.24) is 4.98 Å². The molecule has 0 aliphatic rings. The van der Waals surface area contributed by atoms with Crippen molar-refractivity contribution in [2.45, 2.75) is 32.3 Å². The quantitative estimate of drug-likeness (QED) is 0.173. The van der Waals surface area contributed by atoms with Crippen LogP contribution < -0.4 is 24.8 Å². The molecule has 0 aliphatic heterocycles. The second kappa shape index (κ2) is 15.5. The largest absolute Gasteiger partial charge is 0.494 e. The molecular weight excluding hydrogens is 506 g/mol. The third-order valence-corrected chi connectivity index (χ3v) is 5.70. The van der Waals surface area contributed by atoms with Crippen molar-refractivity contribution in [3.05, 3.63) is 109 Å². The van der Waals surface area contributed by atoms with E-state index in [1.807, 2.05) is 91.0 Å². The van der Waals surface area contributed by atoms with Gasteiger partial charge in [0.2, 0.25) is 11.8 Å². The van der Waals surface area contributed by atoms with Gasteiger partial charge in [-0.2, -0.15) is 0 Å². The van der Waals surface area contributed by atoms with Gasteiger partial charge in [0.15, 0.2) is 0 Å². The molecule has 0 saturated carbocycles. The van der Waals surface area contributed by atoms with Crippen LogP contribution in [0.15, 0.2) is 103 Å². The SMILES string of the molecule is O=C(CCCOc1ccccc1)Nc1cc(OCc2ccccc2)cc(NC(=O)CCCOc2ccccc2)n1. The summed E-state index contributed by atoms with van der Waals surface area (Å²) >= 11 is 0. The number of amides is 2. The van der Waals surface area contributed by atoms with E-state index in [0.29, 0.717) is 50.0 Å². The van der Waals surface area contributed by atoms with Gasteiger partial charge in [0.05, 0.1) is 13.2 Å². The zero-order valence-corrected chi connectivity index (χ0v) is 22.3. The summed E-state index contributed by atoms with van der Waals surface area (Å²) in [6.45, 7) is 1.17. The first-order valence-corrected chi connectivity index (χ1v) is 13.3. The molecule has 0 aliphatic carbocycles. The van der Waals surface area contributed by atoms with Crippen LogP contribution in [0.3, 0.4) is 0 Å². The molecule has 4 aromatic rings. The van der Waals surface area contributed by atoms with Crippen LogP contribution in [0.5, 0.6) is 17.2 Å². The van der Waals surface area contributed by atoms with Gasteiger partial charge in [-0.25, -0.2) is 4.98 Å². The van der Waals surface area contributed by atoms with Crippen molar-refractivity contribution in [1.29, 1.82) is 0 Å². The molecule has 0 bridgehead atoms. The summed E-state index contributed by atoms with van der Waals surface area (Å²) in [6.07, 6.45) is 1.60. The number of anilines is 2. The predicted octanol–water partition coefficient (Wildman–Crippen LogP) is 6.26. The summed E-state index contributed by atoms with van der Waals surface area (Å²) in [5, 5.41) is 5.61. The molecule has 8 nitrogen and oxygen atoms in total. The average Bonchev–Trinajstić information content (AvgIpc) is 2.98. The molecule has 2 amide bonds. The van der Waals surface area contributed by atoms with E-state index in [1.165, 1.54) is 0 Å². The molecule has 40 heavy (non-hydrogen) atoms. The lowest BCUT2D eigenvalue weighted by atomic mass is 10.2. The highest BCUT2D eigenvalue weighted by Crippen LogP contribution is 2.23. The lowest BCUT2D eigenvalue weighted by Gasteiger charge is -2.13. The number of rotatable bonds is 15. The fraction of sp³-hybridized carbons (Fsp3) is 0.219. The van der Waals surface area contributed by atoms with Gasteiger partial charge in [-0.3, -0.25) is 9.59 Å². The zero-order valence-electron chi connectivity index (χ0n) is 22.3. The van der Waals surface area contributed by atoms with Gasteiger partial charge < -0.3 is 24.8 Å². The van der Waals surface area contributed by atoms with Gasteiger partial charge in [0, 0.05) is 25.0 Å². The Balaban J connectivity index is 1.31. The lowest BCUT2D eigenvalue weighted by Crippen LogP contribution is -2.17. The summed E-state index contributed by atoms with van der Waals surface area (Å²) in [7, 11) is 0. The third kappa shape index (κ3) is 10.1. The first kappa shape index (κ1) is 28.2. The molecule has 1 aromatic heterocycles. The molecule has 0 unspecified atom stereocenters. The van der Waals surface area contributed by atoms with Crippen LogP contribution >= 0.6 is 0 Å². The van der Waals surface area contributed by atoms with Crippen molar-refractivity contribution in [2.75, 3.05) is 23.8 Å². The third-order valence-electron chi connectivity index (χ3n) is 5.70. The van der Waals surface area contributed by atoms with Crippen LogP contribution in [-0.4, -0.2) is 30.0 Å². The molecule has 0 saturated heterocycles. The van der Waals surface area contributed by atoms with Gasteiger partial charge in [-0.15, -0.1) is 0 Å². The number of para-hydroxylation sites is 2. The Hall–Kier alpha value is -4.85. The van der Waals surface area contributed by atoms with Gasteiger partial charge in [-0.1, -0.05) is 66.7 Å². The predicted molar refractivity (Wildman–Crippen MR) is 155 cm³/mol. The smallest absolute Gasteiger partial charge is 0.225 e. The standard InChI is InChI=1S/C32H33N3O5/c36-31(18-10-20-38-26-14-6-2-7-15-26)34-29-22-28(40-24-25-12-4-1-5-13-25)23-30(33-29)35-32(37)19-11-21-39-27-16-8-3-9-17-27/h1-9,12-17,22-23H,10-11,18-21,24H2,(H2,33,34,35,36,37). The van der Waals surface area contributed by atoms with Crippen molar-refractivity contribution in [2.24, 2.45) is 0 Å². The molecule has 0 spiro atoms. The minimum Gasteiger partial charge on any atom is -0.494 e. The van der Waals surface area contributed by atoms with Crippen molar-refractivity contribution in [3.63, 3.8) is 0 Å². The van der Waals surface area contributed by atoms with Gasteiger partial charge in [0.1, 0.15) is 35.5 Å². The fourth-order valence-electron chi connectivity index (χ4n) is 3.75. The highest BCUT2D eigenvalue weighted by molar-refractivity contribution is 5.92. The summed E-state index contributed by atoms with van der Waals surface area (Å²) in [6, 6.07) is 31.9. The van der Waals surface area contributed by atoms with E-state index >= 15 is 0 Å². The topological polar surface area (TPSA) is 98.8 Å². The van der Waals surface area contributed by atoms with Crippen molar-refractivity contribution < 1.29 is 23.8 Å². The van der Waals surface area contributed by atoms with Crippen LogP contribution in [0.1, 0.15) is 31.2 Å². The second-order valence-corrected chi connectivity index (χ2v) is 8.97. The Kier molecular flexibility index (Phi) is 10.9. The number of pyridine rings is 1. The highest BCUT2D eigenvalue weighted by atomic mass is 16.5. The summed E-state index contributed by atoms with van der Waals surface area (Å²) < 4.78 is 17.3. The number of carbonyl (C=O) groups excluding carboxylic acids is 2. The Morgan fingerprint density at radius 1 is 0.575 bits per heavy atom. The molecule has 206 valence electrons. The van der Waals surface area contributed by atoms with E-state index in [-0.39, 0.29) is 24.7 Å². The van der Waals surface area contributed by atoms with Crippen molar-refractivity contribution in [3.8, 4) is 17.2 Å². The summed E-state index contributed by atoms with van der Waals surface area (Å²) in [5.41, 5.74) is 0.993. The summed E-state index contributed by atoms with van der Waals surface area (Å²) in [4.78, 5) is 29.6. The molecule has 8 heteroatoms. The van der Waals surface area contributed by atoms with E-state index < -0.39 is 0 Å². The number of ether oxygens (including phenoxy) is 3. The first-order chi connectivity index (χ1) is 19.6. The van der Waals surface area contributed by atoms with Crippen LogP contribution in [0.4, 0.5) is 11.6 Å². The van der Waals surface area contributed by atoms with E-state index in [9.17, 15) is 9.59 Å². The number of hydrogen-bond acceptors (Lipinski definition) is 6. The number of nitrogens with zero attached hydrogens (tertiary/aromatic N) is 1. The lowest BCUT2D eigenvalue weighted by molar-refractivity contribution is -0.117. The normalized spacial score (nSPS) is 10.4. The molecule has 3 aromatic carbocycles. The number of carbonyl (C=O) groups is 2. The number of nitrogens with one attached hydrogen (secondary N) is 2. The maximum atomic E-state index is 12.6. The Bertz CT molecular complexity index is 1260. The fourth-order valence-corrected chi connectivity index (χ4v) is 3.75. The Morgan fingerprint density at radius 2 is 1.02 bits per heavy atom. The monoisotopic (exact) mass is 539 g/mol. The van der Waals surface area contributed by atoms with Crippen LogP contribution in [-0.2, 0) is 16.2 Å². The van der Waals surface area contributed by atoms with Crippen molar-refractivity contribution >= 4 is 23.5 Å². The molecule has 2 N–H and O–H groups in total. The second-order valence-electron chi connectivity index (χ2n) is 8.97. The maximum absolute atomic E-state index is 12.6. The van der Waals surface area contributed by atoms with E-state index in [2.05, 4.69) is 15.6 Å². The molecular formula is C32H33N3O5. The molecule has 4 rings (SSSR count). The molecule has 0 atom stereocenters. The minimum atomic E-state index is -0.209. The highest BCUT2D eigenvalue weighted by Gasteiger charge is 2.11. The number of hydrogen-bond donors (Lipinski definition) is 2. The maximum Gasteiger partial charge on any atom is 0.225 e. The molecule has 1 heterocycles. The summed E-state index contributed by atoms with van der Waals surface area (Å²) in [5.74, 6) is 2.17. The Labute approximate surface area is 234 Å². The average molecular weight is 540 g/mol. The van der Waals surface area contributed by atoms with E-state index in [1.54, 1.807) is 12.1 Å². The number of aromatic nitrogens is 1. The minimum absolute atomic E-state index is 0.209.